The van der Waals surface area contributed by atoms with E-state index < -0.39 is 7.60 Å². The lowest BCUT2D eigenvalue weighted by Crippen LogP contribution is -2.12. The van der Waals surface area contributed by atoms with Crippen LogP contribution in [-0.4, -0.2) is 25.6 Å². The summed E-state index contributed by atoms with van der Waals surface area (Å²) < 4.78 is 22.1. The summed E-state index contributed by atoms with van der Waals surface area (Å²) in [5, 5.41) is 4.25. The smallest absolute Gasteiger partial charge is 0.312 e. The normalized spacial score (nSPS) is 14.2. The number of rotatable bonds is 7. The predicted octanol–water partition coefficient (Wildman–Crippen LogP) is 3.74. The van der Waals surface area contributed by atoms with Crippen LogP contribution in [0.1, 0.15) is 20.3 Å². The Labute approximate surface area is 114 Å². The second kappa shape index (κ2) is 7.43. The molecule has 106 valence electrons. The first-order valence-electron chi connectivity index (χ1n) is 6.07. The zero-order valence-corrected chi connectivity index (χ0v) is 12.7. The molecule has 1 aromatic carbocycles. The minimum Gasteiger partial charge on any atom is -0.312 e. The van der Waals surface area contributed by atoms with Gasteiger partial charge in [-0.15, -0.1) is 0 Å². The summed E-state index contributed by atoms with van der Waals surface area (Å²) in [5.41, 5.74) is 4.47. The van der Waals surface area contributed by atoms with E-state index in [1.165, 1.54) is 14.2 Å². The number of anilines is 1. The molecule has 0 saturated heterocycles. The van der Waals surface area contributed by atoms with Crippen LogP contribution in [0.2, 0.25) is 0 Å². The Kier molecular flexibility index (Phi) is 6.22. The third-order valence-corrected chi connectivity index (χ3v) is 5.07. The molecule has 0 saturated carbocycles. The van der Waals surface area contributed by atoms with Crippen LogP contribution in [0.3, 0.4) is 0 Å². The van der Waals surface area contributed by atoms with Gasteiger partial charge in [0.05, 0.1) is 11.3 Å². The maximum absolute atomic E-state index is 12.1. The molecule has 19 heavy (non-hydrogen) atoms. The van der Waals surface area contributed by atoms with Gasteiger partial charge >= 0.3 is 7.60 Å². The van der Waals surface area contributed by atoms with E-state index in [1.54, 1.807) is 0 Å². The van der Waals surface area contributed by atoms with E-state index in [2.05, 4.69) is 10.5 Å². The molecule has 0 heterocycles. The summed E-state index contributed by atoms with van der Waals surface area (Å²) in [6, 6.07) is 9.65. The number of nitrogens with one attached hydrogen (secondary N) is 1. The Balaban J connectivity index is 2.59. The van der Waals surface area contributed by atoms with Crippen LogP contribution in [0, 0.1) is 0 Å². The molecule has 5 nitrogen and oxygen atoms in total. The average molecular weight is 284 g/mol. The molecule has 0 fully saturated rings. The number of benzene rings is 1. The van der Waals surface area contributed by atoms with Gasteiger partial charge in [0.1, 0.15) is 0 Å². The van der Waals surface area contributed by atoms with Crippen molar-refractivity contribution in [1.29, 1.82) is 0 Å². The van der Waals surface area contributed by atoms with Crippen molar-refractivity contribution in [2.24, 2.45) is 5.10 Å². The minimum absolute atomic E-state index is 0.233. The molecule has 6 heteroatoms. The van der Waals surface area contributed by atoms with Crippen LogP contribution in [0.25, 0.3) is 0 Å². The van der Waals surface area contributed by atoms with Crippen LogP contribution in [-0.2, 0) is 13.6 Å². The van der Waals surface area contributed by atoms with Gasteiger partial charge in [0.2, 0.25) is 0 Å². The van der Waals surface area contributed by atoms with Gasteiger partial charge in [0, 0.05) is 26.4 Å². The van der Waals surface area contributed by atoms with Crippen molar-refractivity contribution in [3.05, 3.63) is 30.3 Å². The number of para-hydroxylation sites is 1. The van der Waals surface area contributed by atoms with Crippen LogP contribution in [0.4, 0.5) is 5.69 Å². The van der Waals surface area contributed by atoms with Crippen LogP contribution in [0.5, 0.6) is 0 Å². The fourth-order valence-corrected chi connectivity index (χ4v) is 3.05. The van der Waals surface area contributed by atoms with Gasteiger partial charge in [-0.2, -0.15) is 5.10 Å². The van der Waals surface area contributed by atoms with Crippen molar-refractivity contribution in [3.8, 4) is 0 Å². The van der Waals surface area contributed by atoms with E-state index in [0.29, 0.717) is 6.42 Å². The lowest BCUT2D eigenvalue weighted by molar-refractivity contribution is 0.268. The second-order valence-electron chi connectivity index (χ2n) is 4.28. The summed E-state index contributed by atoms with van der Waals surface area (Å²) in [6.07, 6.45) is 0.540. The van der Waals surface area contributed by atoms with Crippen LogP contribution < -0.4 is 5.43 Å². The van der Waals surface area contributed by atoms with Gasteiger partial charge in [-0.1, -0.05) is 25.1 Å². The first kappa shape index (κ1) is 15.9. The monoisotopic (exact) mass is 284 g/mol. The molecular weight excluding hydrogens is 263 g/mol. The number of hydrogen-bond acceptors (Lipinski definition) is 5. The Morgan fingerprint density at radius 3 is 2.42 bits per heavy atom. The Morgan fingerprint density at radius 2 is 1.89 bits per heavy atom. The largest absolute Gasteiger partial charge is 0.333 e. The average Bonchev–Trinajstić information content (AvgIpc) is 2.45. The van der Waals surface area contributed by atoms with Gasteiger partial charge in [-0.3, -0.25) is 9.99 Å². The molecule has 0 aliphatic heterocycles. The summed E-state index contributed by atoms with van der Waals surface area (Å²) in [6.45, 7) is 3.71. The summed E-state index contributed by atoms with van der Waals surface area (Å²) in [5.74, 6) is 0. The lowest BCUT2D eigenvalue weighted by atomic mass is 10.2. The van der Waals surface area contributed by atoms with Gasteiger partial charge in [-0.05, 0) is 19.1 Å². The highest BCUT2D eigenvalue weighted by Gasteiger charge is 2.30. The third-order valence-electron chi connectivity index (χ3n) is 2.79. The summed E-state index contributed by atoms with van der Waals surface area (Å²) in [4.78, 5) is 0. The Morgan fingerprint density at radius 1 is 1.32 bits per heavy atom. The molecule has 1 rings (SSSR count). The van der Waals surface area contributed by atoms with Crippen LogP contribution in [0.15, 0.2) is 35.4 Å². The number of nitrogens with zero attached hydrogens (tertiary/aromatic N) is 1. The second-order valence-corrected chi connectivity index (χ2v) is 6.97. The third kappa shape index (κ3) is 4.78. The highest BCUT2D eigenvalue weighted by atomic mass is 31.2. The molecule has 0 bridgehead atoms. The zero-order chi connectivity index (χ0) is 14.3. The van der Waals surface area contributed by atoms with Crippen molar-refractivity contribution in [2.75, 3.05) is 19.6 Å². The fraction of sp³-hybridized carbons (Fsp3) is 0.462. The molecule has 0 radical (unpaired) electrons. The molecule has 0 spiro atoms. The van der Waals surface area contributed by atoms with E-state index >= 15 is 0 Å². The molecule has 1 unspecified atom stereocenters. The van der Waals surface area contributed by atoms with Gasteiger partial charge < -0.3 is 9.05 Å². The van der Waals surface area contributed by atoms with E-state index in [9.17, 15) is 4.57 Å². The standard InChI is InChI=1S/C13H21N2O3P/c1-11(10-12(2)19(16,17-3)18-4)14-15-13-8-6-5-7-9-13/h5-9,12,15H,10H2,1-4H3/b14-11+. The van der Waals surface area contributed by atoms with Gasteiger partial charge in [0.25, 0.3) is 0 Å². The quantitative estimate of drug-likeness (QED) is 0.471. The maximum Gasteiger partial charge on any atom is 0.333 e. The first-order chi connectivity index (χ1) is 9.01. The van der Waals surface area contributed by atoms with Crippen molar-refractivity contribution >= 4 is 19.0 Å². The van der Waals surface area contributed by atoms with E-state index in [4.69, 9.17) is 9.05 Å². The van der Waals surface area contributed by atoms with Gasteiger partial charge in [0.15, 0.2) is 0 Å². The first-order valence-corrected chi connectivity index (χ1v) is 7.68. The van der Waals surface area contributed by atoms with E-state index in [1.807, 2.05) is 44.2 Å². The zero-order valence-electron chi connectivity index (χ0n) is 11.8. The van der Waals surface area contributed by atoms with E-state index in [-0.39, 0.29) is 5.66 Å². The van der Waals surface area contributed by atoms with Crippen molar-refractivity contribution in [3.63, 3.8) is 0 Å². The Bertz CT molecular complexity index is 454. The topological polar surface area (TPSA) is 59.9 Å². The number of hydrazone groups is 1. The highest BCUT2D eigenvalue weighted by molar-refractivity contribution is 7.54. The molecule has 1 N–H and O–H groups in total. The van der Waals surface area contributed by atoms with E-state index in [0.717, 1.165) is 11.4 Å². The molecule has 1 aromatic rings. The molecule has 0 aromatic heterocycles. The Hall–Kier alpha value is -1.16. The van der Waals surface area contributed by atoms with Crippen molar-refractivity contribution < 1.29 is 13.6 Å². The molecule has 0 aliphatic carbocycles. The highest BCUT2D eigenvalue weighted by Crippen LogP contribution is 2.52. The van der Waals surface area contributed by atoms with Crippen LogP contribution >= 0.6 is 7.60 Å². The minimum atomic E-state index is -3.03. The summed E-state index contributed by atoms with van der Waals surface area (Å²) in [7, 11) is -0.234. The lowest BCUT2D eigenvalue weighted by Gasteiger charge is -2.20. The fourth-order valence-electron chi connectivity index (χ4n) is 1.69. The summed E-state index contributed by atoms with van der Waals surface area (Å²) >= 11 is 0. The molecule has 1 atom stereocenters. The SMILES string of the molecule is COP(=O)(OC)C(C)C/C(C)=N/Nc1ccccc1. The molecule has 0 amide bonds. The predicted molar refractivity (Wildman–Crippen MR) is 78.9 cm³/mol. The maximum atomic E-state index is 12.1. The molecular formula is C13H21N2O3P. The number of hydrogen-bond donors (Lipinski definition) is 1. The van der Waals surface area contributed by atoms with Crippen molar-refractivity contribution in [2.45, 2.75) is 25.9 Å². The van der Waals surface area contributed by atoms with Gasteiger partial charge in [-0.25, -0.2) is 0 Å². The molecule has 0 aliphatic rings. The van der Waals surface area contributed by atoms with Crippen molar-refractivity contribution in [1.82, 2.24) is 0 Å².